The molecule has 114 valence electrons. The molecule has 2 aliphatic rings. The van der Waals surface area contributed by atoms with Gasteiger partial charge < -0.3 is 14.8 Å². The molecule has 6 nitrogen and oxygen atoms in total. The van der Waals surface area contributed by atoms with Crippen LogP contribution in [0.5, 0.6) is 11.5 Å². The van der Waals surface area contributed by atoms with Gasteiger partial charge in [-0.25, -0.2) is 0 Å². The van der Waals surface area contributed by atoms with E-state index in [9.17, 15) is 4.79 Å². The van der Waals surface area contributed by atoms with Gasteiger partial charge in [0.1, 0.15) is 0 Å². The van der Waals surface area contributed by atoms with Crippen molar-refractivity contribution in [3.63, 3.8) is 0 Å². The molecule has 1 atom stereocenters. The third kappa shape index (κ3) is 2.12. The van der Waals surface area contributed by atoms with Gasteiger partial charge in [-0.15, -0.1) is 11.8 Å². The van der Waals surface area contributed by atoms with E-state index in [4.69, 9.17) is 21.1 Å². The lowest BCUT2D eigenvalue weighted by Gasteiger charge is -2.16. The SMILES string of the molecule is Cc1[nH]nc2c1C(c1cc(Cl)c3c(c1)OCO3)SCC(=O)N2. The quantitative estimate of drug-likeness (QED) is 0.836. The standard InChI is InChI=1S/C14H12ClN3O3S/c1-6-11-13(22-4-10(19)16-14(11)18-17-6)7-2-8(15)12-9(3-7)20-5-21-12/h2-3,13H,4-5H2,1H3,(H2,16,17,18,19). The molecule has 0 aliphatic carbocycles. The fourth-order valence-corrected chi connectivity index (χ4v) is 4.11. The van der Waals surface area contributed by atoms with Crippen LogP contribution in [-0.2, 0) is 4.79 Å². The van der Waals surface area contributed by atoms with Gasteiger partial charge in [0.15, 0.2) is 17.3 Å². The smallest absolute Gasteiger partial charge is 0.235 e. The highest BCUT2D eigenvalue weighted by molar-refractivity contribution is 8.00. The van der Waals surface area contributed by atoms with Crippen LogP contribution >= 0.6 is 23.4 Å². The van der Waals surface area contributed by atoms with Gasteiger partial charge in [-0.1, -0.05) is 11.6 Å². The maximum Gasteiger partial charge on any atom is 0.235 e. The molecule has 3 heterocycles. The van der Waals surface area contributed by atoms with Gasteiger partial charge in [0.25, 0.3) is 0 Å². The summed E-state index contributed by atoms with van der Waals surface area (Å²) in [5.74, 6) is 2.07. The second-order valence-corrected chi connectivity index (χ2v) is 6.59. The van der Waals surface area contributed by atoms with E-state index in [1.807, 2.05) is 19.1 Å². The second-order valence-electron chi connectivity index (χ2n) is 5.09. The van der Waals surface area contributed by atoms with E-state index in [1.54, 1.807) is 0 Å². The van der Waals surface area contributed by atoms with Crippen LogP contribution in [0, 0.1) is 6.92 Å². The first-order valence-electron chi connectivity index (χ1n) is 6.69. The summed E-state index contributed by atoms with van der Waals surface area (Å²) >= 11 is 7.82. The Morgan fingerprint density at radius 1 is 1.41 bits per heavy atom. The van der Waals surface area contributed by atoms with Crippen molar-refractivity contribution >= 4 is 35.1 Å². The number of benzene rings is 1. The van der Waals surface area contributed by atoms with Crippen molar-refractivity contribution in [2.75, 3.05) is 17.9 Å². The molecule has 8 heteroatoms. The number of amides is 1. The number of hydrogen-bond donors (Lipinski definition) is 2. The maximum atomic E-state index is 11.8. The molecular formula is C14H12ClN3O3S. The van der Waals surface area contributed by atoms with Crippen LogP contribution < -0.4 is 14.8 Å². The minimum absolute atomic E-state index is 0.0558. The number of H-pyrrole nitrogens is 1. The Hall–Kier alpha value is -1.86. The van der Waals surface area contributed by atoms with Gasteiger partial charge in [0, 0.05) is 11.3 Å². The number of hydrogen-bond acceptors (Lipinski definition) is 5. The number of fused-ring (bicyclic) bond motifs is 2. The molecule has 2 aliphatic heterocycles. The number of aromatic amines is 1. The number of rotatable bonds is 1. The van der Waals surface area contributed by atoms with Crippen molar-refractivity contribution in [3.8, 4) is 11.5 Å². The number of halogens is 1. The molecule has 2 N–H and O–H groups in total. The molecule has 4 rings (SSSR count). The average Bonchev–Trinajstić information content (AvgIpc) is 3.04. The third-order valence-corrected chi connectivity index (χ3v) is 5.20. The first-order valence-corrected chi connectivity index (χ1v) is 8.11. The summed E-state index contributed by atoms with van der Waals surface area (Å²) in [6, 6.07) is 3.77. The van der Waals surface area contributed by atoms with Crippen molar-refractivity contribution in [1.82, 2.24) is 10.2 Å². The van der Waals surface area contributed by atoms with Gasteiger partial charge in [-0.2, -0.15) is 5.10 Å². The molecule has 1 aromatic carbocycles. The lowest BCUT2D eigenvalue weighted by molar-refractivity contribution is -0.113. The Kier molecular flexibility index (Phi) is 3.19. The third-order valence-electron chi connectivity index (χ3n) is 3.65. The fourth-order valence-electron chi connectivity index (χ4n) is 2.67. The predicted octanol–water partition coefficient (Wildman–Crippen LogP) is 2.87. The highest BCUT2D eigenvalue weighted by Gasteiger charge is 2.30. The van der Waals surface area contributed by atoms with Crippen LogP contribution in [0.4, 0.5) is 5.82 Å². The molecule has 0 radical (unpaired) electrons. The molecule has 0 saturated heterocycles. The largest absolute Gasteiger partial charge is 0.454 e. The number of ether oxygens (including phenoxy) is 2. The van der Waals surface area contributed by atoms with Crippen molar-refractivity contribution in [1.29, 1.82) is 0 Å². The number of thioether (sulfide) groups is 1. The number of nitrogens with one attached hydrogen (secondary N) is 2. The molecule has 0 saturated carbocycles. The van der Waals surface area contributed by atoms with Crippen LogP contribution in [0.15, 0.2) is 12.1 Å². The summed E-state index contributed by atoms with van der Waals surface area (Å²) < 4.78 is 10.8. The van der Waals surface area contributed by atoms with Crippen molar-refractivity contribution in [3.05, 3.63) is 34.0 Å². The van der Waals surface area contributed by atoms with E-state index < -0.39 is 0 Å². The summed E-state index contributed by atoms with van der Waals surface area (Å²) in [7, 11) is 0. The Balaban J connectivity index is 1.84. The Bertz CT molecular complexity index is 777. The number of carbonyl (C=O) groups is 1. The molecule has 0 bridgehead atoms. The lowest BCUT2D eigenvalue weighted by Crippen LogP contribution is -2.12. The Morgan fingerprint density at radius 2 is 2.27 bits per heavy atom. The topological polar surface area (TPSA) is 76.2 Å². The summed E-state index contributed by atoms with van der Waals surface area (Å²) in [5, 5.41) is 10.4. The molecule has 1 unspecified atom stereocenters. The molecule has 0 spiro atoms. The van der Waals surface area contributed by atoms with Crippen LogP contribution in [0.3, 0.4) is 0 Å². The van der Waals surface area contributed by atoms with E-state index in [0.29, 0.717) is 28.1 Å². The first-order chi connectivity index (χ1) is 10.6. The van der Waals surface area contributed by atoms with Gasteiger partial charge in [0.05, 0.1) is 16.0 Å². The van der Waals surface area contributed by atoms with Crippen molar-refractivity contribution in [2.24, 2.45) is 0 Å². The van der Waals surface area contributed by atoms with Crippen molar-refractivity contribution in [2.45, 2.75) is 12.2 Å². The molecular weight excluding hydrogens is 326 g/mol. The number of anilines is 1. The monoisotopic (exact) mass is 337 g/mol. The highest BCUT2D eigenvalue weighted by atomic mass is 35.5. The first kappa shape index (κ1) is 13.8. The predicted molar refractivity (Wildman–Crippen MR) is 83.8 cm³/mol. The van der Waals surface area contributed by atoms with E-state index in [1.165, 1.54) is 11.8 Å². The molecule has 1 aromatic heterocycles. The van der Waals surface area contributed by atoms with E-state index in [0.717, 1.165) is 16.8 Å². The van der Waals surface area contributed by atoms with Gasteiger partial charge >= 0.3 is 0 Å². The second kappa shape index (κ2) is 5.10. The number of aryl methyl sites for hydroxylation is 1. The zero-order valence-electron chi connectivity index (χ0n) is 11.6. The van der Waals surface area contributed by atoms with E-state index in [2.05, 4.69) is 15.5 Å². The van der Waals surface area contributed by atoms with Gasteiger partial charge in [-0.3, -0.25) is 9.89 Å². The number of carbonyl (C=O) groups excluding carboxylic acids is 1. The lowest BCUT2D eigenvalue weighted by atomic mass is 10.0. The summed E-state index contributed by atoms with van der Waals surface area (Å²) in [5.41, 5.74) is 2.84. The highest BCUT2D eigenvalue weighted by Crippen LogP contribution is 2.47. The minimum atomic E-state index is -0.0629. The minimum Gasteiger partial charge on any atom is -0.454 e. The number of aromatic nitrogens is 2. The maximum absolute atomic E-state index is 11.8. The molecule has 22 heavy (non-hydrogen) atoms. The Labute approximate surface area is 135 Å². The average molecular weight is 338 g/mol. The Morgan fingerprint density at radius 3 is 3.14 bits per heavy atom. The van der Waals surface area contributed by atoms with E-state index in [-0.39, 0.29) is 18.0 Å². The summed E-state index contributed by atoms with van der Waals surface area (Å²) in [6.45, 7) is 2.11. The normalized spacial score (nSPS) is 19.5. The van der Waals surface area contributed by atoms with Crippen LogP contribution in [0.1, 0.15) is 22.1 Å². The van der Waals surface area contributed by atoms with Gasteiger partial charge in [0.2, 0.25) is 12.7 Å². The molecule has 2 aromatic rings. The summed E-state index contributed by atoms with van der Waals surface area (Å²) in [4.78, 5) is 11.8. The summed E-state index contributed by atoms with van der Waals surface area (Å²) in [6.07, 6.45) is 0. The zero-order valence-corrected chi connectivity index (χ0v) is 13.2. The van der Waals surface area contributed by atoms with Crippen LogP contribution in [-0.4, -0.2) is 28.7 Å². The molecule has 1 amide bonds. The van der Waals surface area contributed by atoms with Crippen molar-refractivity contribution < 1.29 is 14.3 Å². The fraction of sp³-hybridized carbons (Fsp3) is 0.286. The van der Waals surface area contributed by atoms with Crippen LogP contribution in [0.25, 0.3) is 0 Å². The zero-order chi connectivity index (χ0) is 15.3. The van der Waals surface area contributed by atoms with Gasteiger partial charge in [-0.05, 0) is 24.6 Å². The number of nitrogens with zero attached hydrogens (tertiary/aromatic N) is 1. The van der Waals surface area contributed by atoms with Crippen LogP contribution in [0.2, 0.25) is 5.02 Å². The van der Waals surface area contributed by atoms with E-state index >= 15 is 0 Å². The molecule has 0 fully saturated rings.